The summed E-state index contributed by atoms with van der Waals surface area (Å²) in [4.78, 5) is 7.63. The molecule has 1 aromatic rings. The van der Waals surface area contributed by atoms with Crippen molar-refractivity contribution in [2.24, 2.45) is 0 Å². The average Bonchev–Trinajstić information content (AvgIpc) is 2.76. The zero-order valence-electron chi connectivity index (χ0n) is 8.07. The van der Waals surface area contributed by atoms with Crippen molar-refractivity contribution in [1.82, 2.24) is 9.88 Å². The highest BCUT2D eigenvalue weighted by Crippen LogP contribution is 2.21. The highest BCUT2D eigenvalue weighted by atomic mass is 35.5. The van der Waals surface area contributed by atoms with Gasteiger partial charge in [-0.2, -0.15) is 0 Å². The van der Waals surface area contributed by atoms with Crippen molar-refractivity contribution in [1.29, 1.82) is 0 Å². The number of halogens is 1. The highest BCUT2D eigenvalue weighted by Gasteiger charge is 2.22. The van der Waals surface area contributed by atoms with Gasteiger partial charge < -0.3 is 4.74 Å². The van der Waals surface area contributed by atoms with Gasteiger partial charge in [0, 0.05) is 37.8 Å². The predicted molar refractivity (Wildman–Crippen MR) is 57.8 cm³/mol. The molecule has 78 valence electrons. The minimum atomic E-state index is 0.401. The van der Waals surface area contributed by atoms with Crippen LogP contribution in [0.2, 0.25) is 4.47 Å². The lowest BCUT2D eigenvalue weighted by atomic mass is 10.3. The Morgan fingerprint density at radius 2 is 2.64 bits per heavy atom. The largest absolute Gasteiger partial charge is 0.380 e. The summed E-state index contributed by atoms with van der Waals surface area (Å²) in [5.41, 5.74) is 0. The topological polar surface area (TPSA) is 25.4 Å². The second kappa shape index (κ2) is 4.57. The Balaban J connectivity index is 1.87. The van der Waals surface area contributed by atoms with Crippen molar-refractivity contribution in [3.8, 4) is 0 Å². The molecule has 1 fully saturated rings. The van der Waals surface area contributed by atoms with Crippen LogP contribution in [0.1, 0.15) is 11.3 Å². The van der Waals surface area contributed by atoms with E-state index in [0.29, 0.717) is 10.6 Å². The Kier molecular flexibility index (Phi) is 3.38. The van der Waals surface area contributed by atoms with Crippen LogP contribution in [0.25, 0.3) is 0 Å². The molecule has 1 aliphatic rings. The van der Waals surface area contributed by atoms with E-state index in [0.717, 1.165) is 26.1 Å². The molecule has 0 N–H and O–H groups in total. The van der Waals surface area contributed by atoms with E-state index < -0.39 is 0 Å². The van der Waals surface area contributed by atoms with Crippen LogP contribution in [0, 0.1) is 0 Å². The number of hydrogen-bond acceptors (Lipinski definition) is 4. The summed E-state index contributed by atoms with van der Waals surface area (Å²) in [6.07, 6.45) is 3.38. The third kappa shape index (κ3) is 2.45. The summed E-state index contributed by atoms with van der Waals surface area (Å²) in [5.74, 6) is 0. The van der Waals surface area contributed by atoms with Gasteiger partial charge in [-0.1, -0.05) is 11.6 Å². The van der Waals surface area contributed by atoms with Gasteiger partial charge in [0.25, 0.3) is 0 Å². The highest BCUT2D eigenvalue weighted by molar-refractivity contribution is 7.15. The van der Waals surface area contributed by atoms with Gasteiger partial charge in [-0.25, -0.2) is 4.98 Å². The standard InChI is InChI=1S/C9H13ClN2OS/c1-13-7-2-3-12(5-7)6-8-4-11-9(10)14-8/h4,7H,2-3,5-6H2,1H3. The van der Waals surface area contributed by atoms with Crippen molar-refractivity contribution >= 4 is 22.9 Å². The van der Waals surface area contributed by atoms with E-state index in [2.05, 4.69) is 9.88 Å². The molecule has 0 radical (unpaired) electrons. The number of ether oxygens (including phenoxy) is 1. The molecule has 1 aromatic heterocycles. The van der Waals surface area contributed by atoms with Gasteiger partial charge in [0.2, 0.25) is 0 Å². The lowest BCUT2D eigenvalue weighted by Crippen LogP contribution is -2.21. The Morgan fingerprint density at radius 1 is 1.79 bits per heavy atom. The first-order chi connectivity index (χ1) is 6.78. The van der Waals surface area contributed by atoms with Gasteiger partial charge in [0.15, 0.2) is 4.47 Å². The predicted octanol–water partition coefficient (Wildman–Crippen LogP) is 2.02. The summed E-state index contributed by atoms with van der Waals surface area (Å²) in [7, 11) is 1.78. The fraction of sp³-hybridized carbons (Fsp3) is 0.667. The van der Waals surface area contributed by atoms with Crippen LogP contribution in [0.4, 0.5) is 0 Å². The van der Waals surface area contributed by atoms with Gasteiger partial charge in [0.1, 0.15) is 0 Å². The van der Waals surface area contributed by atoms with Gasteiger partial charge in [0.05, 0.1) is 6.10 Å². The maximum Gasteiger partial charge on any atom is 0.183 e. The van der Waals surface area contributed by atoms with Crippen LogP contribution in [0.3, 0.4) is 0 Å². The summed E-state index contributed by atoms with van der Waals surface area (Å²) >= 11 is 7.32. The molecule has 1 unspecified atom stereocenters. The number of thiazole rings is 1. The Morgan fingerprint density at radius 3 is 3.21 bits per heavy atom. The van der Waals surface area contributed by atoms with Gasteiger partial charge in [-0.3, -0.25) is 4.90 Å². The van der Waals surface area contributed by atoms with Gasteiger partial charge in [-0.15, -0.1) is 11.3 Å². The van der Waals surface area contributed by atoms with E-state index in [1.165, 1.54) is 4.88 Å². The van der Waals surface area contributed by atoms with E-state index in [-0.39, 0.29) is 0 Å². The molecule has 3 nitrogen and oxygen atoms in total. The number of nitrogens with zero attached hydrogens (tertiary/aromatic N) is 2. The molecular formula is C9H13ClN2OS. The van der Waals surface area contributed by atoms with Gasteiger partial charge in [-0.05, 0) is 6.42 Å². The summed E-state index contributed by atoms with van der Waals surface area (Å²) < 4.78 is 5.93. The van der Waals surface area contributed by atoms with Crippen molar-refractivity contribution in [3.05, 3.63) is 15.5 Å². The minimum Gasteiger partial charge on any atom is -0.380 e. The lowest BCUT2D eigenvalue weighted by molar-refractivity contribution is 0.107. The molecule has 0 amide bonds. The quantitative estimate of drug-likeness (QED) is 0.798. The first kappa shape index (κ1) is 10.4. The Hall–Kier alpha value is -0.160. The summed E-state index contributed by atoms with van der Waals surface area (Å²) in [6.45, 7) is 3.07. The number of methoxy groups -OCH3 is 1. The van der Waals surface area contributed by atoms with E-state index >= 15 is 0 Å². The zero-order chi connectivity index (χ0) is 9.97. The third-order valence-corrected chi connectivity index (χ3v) is 3.57. The van der Waals surface area contributed by atoms with Crippen LogP contribution in [-0.4, -0.2) is 36.2 Å². The number of rotatable bonds is 3. The molecule has 1 atom stereocenters. The van der Waals surface area contributed by atoms with Crippen LogP contribution in [0.15, 0.2) is 6.20 Å². The fourth-order valence-electron chi connectivity index (χ4n) is 1.71. The molecule has 5 heteroatoms. The van der Waals surface area contributed by atoms with E-state index in [9.17, 15) is 0 Å². The second-order valence-electron chi connectivity index (χ2n) is 3.46. The monoisotopic (exact) mass is 232 g/mol. The number of hydrogen-bond donors (Lipinski definition) is 0. The Bertz CT molecular complexity index is 305. The third-order valence-electron chi connectivity index (χ3n) is 2.47. The first-order valence-corrected chi connectivity index (χ1v) is 5.82. The summed E-state index contributed by atoms with van der Waals surface area (Å²) in [6, 6.07) is 0. The minimum absolute atomic E-state index is 0.401. The summed E-state index contributed by atoms with van der Waals surface area (Å²) in [5, 5.41) is 0. The molecule has 0 bridgehead atoms. The normalized spacial score (nSPS) is 23.1. The smallest absolute Gasteiger partial charge is 0.183 e. The molecule has 14 heavy (non-hydrogen) atoms. The van der Waals surface area contributed by atoms with Crippen molar-refractivity contribution in [2.75, 3.05) is 20.2 Å². The molecule has 0 saturated carbocycles. The number of aromatic nitrogens is 1. The second-order valence-corrected chi connectivity index (χ2v) is 5.16. The maximum absolute atomic E-state index is 5.77. The molecule has 0 spiro atoms. The molecular weight excluding hydrogens is 220 g/mol. The Labute approximate surface area is 92.7 Å². The molecule has 1 aliphatic heterocycles. The van der Waals surface area contributed by atoms with Crippen molar-refractivity contribution in [3.63, 3.8) is 0 Å². The molecule has 0 aromatic carbocycles. The number of likely N-dealkylation sites (tertiary alicyclic amines) is 1. The van der Waals surface area contributed by atoms with E-state index in [4.69, 9.17) is 16.3 Å². The van der Waals surface area contributed by atoms with Crippen LogP contribution in [0.5, 0.6) is 0 Å². The van der Waals surface area contributed by atoms with E-state index in [1.54, 1.807) is 18.4 Å². The van der Waals surface area contributed by atoms with Crippen molar-refractivity contribution < 1.29 is 4.74 Å². The molecule has 0 aliphatic carbocycles. The van der Waals surface area contributed by atoms with Crippen molar-refractivity contribution in [2.45, 2.75) is 19.1 Å². The first-order valence-electron chi connectivity index (χ1n) is 4.63. The van der Waals surface area contributed by atoms with Crippen LogP contribution >= 0.6 is 22.9 Å². The van der Waals surface area contributed by atoms with Crippen LogP contribution < -0.4 is 0 Å². The SMILES string of the molecule is COC1CCN(Cc2cnc(Cl)s2)C1. The average molecular weight is 233 g/mol. The fourth-order valence-corrected chi connectivity index (χ4v) is 2.73. The molecule has 2 rings (SSSR count). The molecule has 1 saturated heterocycles. The van der Waals surface area contributed by atoms with Gasteiger partial charge >= 0.3 is 0 Å². The van der Waals surface area contributed by atoms with Crippen LogP contribution in [-0.2, 0) is 11.3 Å². The maximum atomic E-state index is 5.77. The molecule has 2 heterocycles. The van der Waals surface area contributed by atoms with E-state index in [1.807, 2.05) is 6.20 Å². The lowest BCUT2D eigenvalue weighted by Gasteiger charge is -2.13. The zero-order valence-corrected chi connectivity index (χ0v) is 9.64.